The molecule has 122 valence electrons. The van der Waals surface area contributed by atoms with E-state index in [1.54, 1.807) is 17.9 Å². The Morgan fingerprint density at radius 3 is 2.88 bits per heavy atom. The third kappa shape index (κ3) is 2.24. The van der Waals surface area contributed by atoms with Crippen molar-refractivity contribution in [1.82, 2.24) is 0 Å². The summed E-state index contributed by atoms with van der Waals surface area (Å²) in [7, 11) is 0. The molecule has 5 heteroatoms. The molecule has 1 atom stereocenters. The number of aryl methyl sites for hydroxylation is 1. The first kappa shape index (κ1) is 14.8. The van der Waals surface area contributed by atoms with Crippen molar-refractivity contribution in [3.05, 3.63) is 59.6 Å². The average Bonchev–Trinajstić information content (AvgIpc) is 2.90. The SMILES string of the molecule is Cc1c(C(=O)N2C[C@@H](C)Oc3ccccc32)oc2ccc(F)cc12. The van der Waals surface area contributed by atoms with E-state index in [-0.39, 0.29) is 23.6 Å². The fourth-order valence-electron chi connectivity index (χ4n) is 3.10. The van der Waals surface area contributed by atoms with Crippen LogP contribution >= 0.6 is 0 Å². The van der Waals surface area contributed by atoms with Gasteiger partial charge in [-0.3, -0.25) is 9.69 Å². The van der Waals surface area contributed by atoms with Gasteiger partial charge in [0.1, 0.15) is 23.3 Å². The Balaban J connectivity index is 1.81. The third-order valence-electron chi connectivity index (χ3n) is 4.26. The molecule has 0 N–H and O–H groups in total. The highest BCUT2D eigenvalue weighted by Crippen LogP contribution is 2.35. The number of para-hydroxylation sites is 2. The van der Waals surface area contributed by atoms with Crippen LogP contribution in [-0.2, 0) is 0 Å². The minimum Gasteiger partial charge on any atom is -0.487 e. The molecule has 0 bridgehead atoms. The molecular formula is C19H16FNO3. The number of amides is 1. The van der Waals surface area contributed by atoms with Crippen LogP contribution in [0.25, 0.3) is 11.0 Å². The van der Waals surface area contributed by atoms with Crippen LogP contribution < -0.4 is 9.64 Å². The number of anilines is 1. The van der Waals surface area contributed by atoms with Gasteiger partial charge in [0.25, 0.3) is 5.91 Å². The zero-order valence-corrected chi connectivity index (χ0v) is 13.4. The lowest BCUT2D eigenvalue weighted by Gasteiger charge is -2.33. The molecule has 1 aliphatic rings. The highest BCUT2D eigenvalue weighted by molar-refractivity contribution is 6.08. The van der Waals surface area contributed by atoms with Gasteiger partial charge in [-0.2, -0.15) is 0 Å². The van der Waals surface area contributed by atoms with Crippen LogP contribution in [0.2, 0.25) is 0 Å². The van der Waals surface area contributed by atoms with E-state index >= 15 is 0 Å². The van der Waals surface area contributed by atoms with Crippen molar-refractivity contribution < 1.29 is 18.3 Å². The molecule has 1 aliphatic heterocycles. The minimum atomic E-state index is -0.351. The summed E-state index contributed by atoms with van der Waals surface area (Å²) in [6.07, 6.45) is -0.119. The lowest BCUT2D eigenvalue weighted by atomic mass is 10.1. The molecule has 24 heavy (non-hydrogen) atoms. The molecule has 0 saturated carbocycles. The van der Waals surface area contributed by atoms with Crippen LogP contribution in [0, 0.1) is 12.7 Å². The molecule has 0 unspecified atom stereocenters. The smallest absolute Gasteiger partial charge is 0.294 e. The van der Waals surface area contributed by atoms with Crippen molar-refractivity contribution in [2.45, 2.75) is 20.0 Å². The number of furan rings is 1. The Hall–Kier alpha value is -2.82. The highest BCUT2D eigenvalue weighted by atomic mass is 19.1. The van der Waals surface area contributed by atoms with Gasteiger partial charge in [-0.05, 0) is 44.2 Å². The van der Waals surface area contributed by atoms with Crippen LogP contribution in [0.15, 0.2) is 46.9 Å². The van der Waals surface area contributed by atoms with Gasteiger partial charge in [0.2, 0.25) is 0 Å². The largest absolute Gasteiger partial charge is 0.487 e. The first-order valence-corrected chi connectivity index (χ1v) is 7.81. The van der Waals surface area contributed by atoms with Crippen molar-refractivity contribution in [1.29, 1.82) is 0 Å². The predicted octanol–water partition coefficient (Wildman–Crippen LogP) is 4.31. The molecule has 1 amide bonds. The number of ether oxygens (including phenoxy) is 1. The quantitative estimate of drug-likeness (QED) is 0.669. The second-order valence-electron chi connectivity index (χ2n) is 6.01. The van der Waals surface area contributed by atoms with Gasteiger partial charge in [0, 0.05) is 10.9 Å². The van der Waals surface area contributed by atoms with E-state index in [0.717, 1.165) is 0 Å². The van der Waals surface area contributed by atoms with Crippen LogP contribution in [0.3, 0.4) is 0 Å². The Kier molecular flexibility index (Phi) is 3.30. The number of carbonyl (C=O) groups is 1. The minimum absolute atomic E-state index is 0.119. The number of fused-ring (bicyclic) bond motifs is 2. The van der Waals surface area contributed by atoms with E-state index < -0.39 is 0 Å². The number of rotatable bonds is 1. The maximum absolute atomic E-state index is 13.5. The maximum atomic E-state index is 13.5. The van der Waals surface area contributed by atoms with E-state index in [9.17, 15) is 9.18 Å². The van der Waals surface area contributed by atoms with Crippen LogP contribution in [0.5, 0.6) is 5.75 Å². The molecule has 0 saturated heterocycles. The second kappa shape index (κ2) is 5.37. The van der Waals surface area contributed by atoms with E-state index in [0.29, 0.717) is 34.5 Å². The summed E-state index contributed by atoms with van der Waals surface area (Å²) >= 11 is 0. The third-order valence-corrected chi connectivity index (χ3v) is 4.26. The summed E-state index contributed by atoms with van der Waals surface area (Å²) in [6.45, 7) is 4.12. The van der Waals surface area contributed by atoms with Crippen LogP contribution in [0.1, 0.15) is 23.0 Å². The molecule has 4 rings (SSSR count). The molecule has 0 fully saturated rings. The van der Waals surface area contributed by atoms with Gasteiger partial charge >= 0.3 is 0 Å². The maximum Gasteiger partial charge on any atom is 0.294 e. The molecule has 4 nitrogen and oxygen atoms in total. The highest BCUT2D eigenvalue weighted by Gasteiger charge is 2.31. The number of benzene rings is 2. The van der Waals surface area contributed by atoms with Gasteiger partial charge in [0.15, 0.2) is 5.76 Å². The van der Waals surface area contributed by atoms with E-state index in [1.165, 1.54) is 12.1 Å². The second-order valence-corrected chi connectivity index (χ2v) is 6.01. The molecule has 3 aromatic rings. The van der Waals surface area contributed by atoms with Gasteiger partial charge in [-0.1, -0.05) is 12.1 Å². The number of nitrogens with zero attached hydrogens (tertiary/aromatic N) is 1. The molecule has 2 aromatic carbocycles. The van der Waals surface area contributed by atoms with Crippen molar-refractivity contribution in [2.75, 3.05) is 11.4 Å². The lowest BCUT2D eigenvalue weighted by molar-refractivity contribution is 0.0935. The summed E-state index contributed by atoms with van der Waals surface area (Å²) in [6, 6.07) is 11.7. The summed E-state index contributed by atoms with van der Waals surface area (Å²) in [5, 5.41) is 0.618. The standard InChI is InChI=1S/C19H16FNO3/c1-11-10-21(15-5-3-4-6-17(15)23-11)19(22)18-12(2)14-9-13(20)7-8-16(14)24-18/h3-9,11H,10H2,1-2H3/t11-/m1/s1. The lowest BCUT2D eigenvalue weighted by Crippen LogP contribution is -2.42. The van der Waals surface area contributed by atoms with Gasteiger partial charge < -0.3 is 9.15 Å². The number of hydrogen-bond donors (Lipinski definition) is 0. The average molecular weight is 325 g/mol. The summed E-state index contributed by atoms with van der Waals surface area (Å²) in [5.41, 5.74) is 1.87. The van der Waals surface area contributed by atoms with Crippen molar-refractivity contribution in [2.24, 2.45) is 0 Å². The monoisotopic (exact) mass is 325 g/mol. The first-order valence-electron chi connectivity index (χ1n) is 7.81. The van der Waals surface area contributed by atoms with Crippen molar-refractivity contribution in [3.8, 4) is 5.75 Å². The van der Waals surface area contributed by atoms with E-state index in [4.69, 9.17) is 9.15 Å². The number of hydrogen-bond acceptors (Lipinski definition) is 3. The normalized spacial score (nSPS) is 16.8. The zero-order valence-electron chi connectivity index (χ0n) is 13.4. The molecule has 0 spiro atoms. The van der Waals surface area contributed by atoms with Crippen molar-refractivity contribution >= 4 is 22.6 Å². The van der Waals surface area contributed by atoms with Gasteiger partial charge in [0.05, 0.1) is 12.2 Å². The molecule has 0 radical (unpaired) electrons. The predicted molar refractivity (Wildman–Crippen MR) is 89.1 cm³/mol. The van der Waals surface area contributed by atoms with Crippen LogP contribution in [0.4, 0.5) is 10.1 Å². The molecule has 0 aliphatic carbocycles. The first-order chi connectivity index (χ1) is 11.5. The van der Waals surface area contributed by atoms with E-state index in [1.807, 2.05) is 31.2 Å². The Morgan fingerprint density at radius 2 is 2.04 bits per heavy atom. The van der Waals surface area contributed by atoms with Gasteiger partial charge in [-0.25, -0.2) is 4.39 Å². The fourth-order valence-corrected chi connectivity index (χ4v) is 3.10. The number of carbonyl (C=O) groups excluding carboxylic acids is 1. The Labute approximate surface area is 138 Å². The topological polar surface area (TPSA) is 42.7 Å². The zero-order chi connectivity index (χ0) is 16.8. The van der Waals surface area contributed by atoms with Crippen molar-refractivity contribution in [3.63, 3.8) is 0 Å². The molecule has 1 aromatic heterocycles. The van der Waals surface area contributed by atoms with E-state index in [2.05, 4.69) is 0 Å². The molecular weight excluding hydrogens is 309 g/mol. The number of halogens is 1. The molecule has 2 heterocycles. The summed E-state index contributed by atoms with van der Waals surface area (Å²) < 4.78 is 25.0. The summed E-state index contributed by atoms with van der Waals surface area (Å²) in [5.74, 6) is 0.311. The van der Waals surface area contributed by atoms with Gasteiger partial charge in [-0.15, -0.1) is 0 Å². The Morgan fingerprint density at radius 1 is 1.25 bits per heavy atom. The van der Waals surface area contributed by atoms with Crippen LogP contribution in [-0.4, -0.2) is 18.6 Å². The Bertz CT molecular complexity index is 947. The summed E-state index contributed by atoms with van der Waals surface area (Å²) in [4.78, 5) is 14.7. The fraction of sp³-hybridized carbons (Fsp3) is 0.211.